The maximum atomic E-state index is 12.8. The van der Waals surface area contributed by atoms with Gasteiger partial charge in [-0.15, -0.1) is 0 Å². The Morgan fingerprint density at radius 1 is 1.06 bits per heavy atom. The molecular formula is C25H21N5O3. The monoisotopic (exact) mass is 439 g/mol. The lowest BCUT2D eigenvalue weighted by Gasteiger charge is -2.08. The van der Waals surface area contributed by atoms with Gasteiger partial charge in [0, 0.05) is 17.7 Å². The third-order valence-electron chi connectivity index (χ3n) is 5.56. The first kappa shape index (κ1) is 20.4. The molecule has 0 saturated carbocycles. The SMILES string of the molecule is COc1ccc(CNC(=O)c2ccc3c(=O)nc4c(-c5ccc(C)cc5)n[nH]n4c3c2)cc1. The first-order valence-electron chi connectivity index (χ1n) is 10.4. The Balaban J connectivity index is 1.49. The van der Waals surface area contributed by atoms with Gasteiger partial charge in [-0.25, -0.2) is 9.73 Å². The third kappa shape index (κ3) is 3.82. The van der Waals surface area contributed by atoms with Crippen molar-refractivity contribution in [1.29, 1.82) is 0 Å². The third-order valence-corrected chi connectivity index (χ3v) is 5.56. The number of aromatic amines is 1. The van der Waals surface area contributed by atoms with E-state index in [4.69, 9.17) is 4.74 Å². The van der Waals surface area contributed by atoms with Gasteiger partial charge in [0.25, 0.3) is 11.5 Å². The fraction of sp³-hybridized carbons (Fsp3) is 0.120. The summed E-state index contributed by atoms with van der Waals surface area (Å²) < 4.78 is 6.79. The Morgan fingerprint density at radius 2 is 1.82 bits per heavy atom. The summed E-state index contributed by atoms with van der Waals surface area (Å²) in [5.74, 6) is 0.510. The molecule has 5 rings (SSSR count). The minimum atomic E-state index is -0.370. The number of aromatic nitrogens is 4. The number of nitrogens with zero attached hydrogens (tertiary/aromatic N) is 3. The molecule has 2 N–H and O–H groups in total. The van der Waals surface area contributed by atoms with Gasteiger partial charge in [0.05, 0.1) is 18.0 Å². The molecular weight excluding hydrogens is 418 g/mol. The summed E-state index contributed by atoms with van der Waals surface area (Å²) in [6.07, 6.45) is 0. The Labute approximate surface area is 188 Å². The van der Waals surface area contributed by atoms with Crippen molar-refractivity contribution in [3.05, 3.63) is 93.8 Å². The van der Waals surface area contributed by atoms with E-state index in [1.807, 2.05) is 55.5 Å². The van der Waals surface area contributed by atoms with Crippen molar-refractivity contribution in [2.45, 2.75) is 13.5 Å². The number of benzene rings is 3. The van der Waals surface area contributed by atoms with E-state index in [0.717, 1.165) is 22.4 Å². The second-order valence-corrected chi connectivity index (χ2v) is 7.77. The molecule has 2 heterocycles. The number of amides is 1. The largest absolute Gasteiger partial charge is 0.497 e. The Bertz CT molecular complexity index is 1530. The Hall–Kier alpha value is -4.46. The van der Waals surface area contributed by atoms with Crippen molar-refractivity contribution in [2.75, 3.05) is 7.11 Å². The minimum Gasteiger partial charge on any atom is -0.497 e. The normalized spacial score (nSPS) is 11.1. The zero-order valence-electron chi connectivity index (χ0n) is 18.1. The number of rotatable bonds is 5. The number of H-pyrrole nitrogens is 1. The van der Waals surface area contributed by atoms with Crippen molar-refractivity contribution in [1.82, 2.24) is 25.1 Å². The molecule has 1 amide bonds. The molecule has 164 valence electrons. The fourth-order valence-corrected chi connectivity index (χ4v) is 3.70. The summed E-state index contributed by atoms with van der Waals surface area (Å²) in [5, 5.41) is 10.6. The van der Waals surface area contributed by atoms with Gasteiger partial charge < -0.3 is 10.1 Å². The molecule has 33 heavy (non-hydrogen) atoms. The highest BCUT2D eigenvalue weighted by atomic mass is 16.5. The minimum absolute atomic E-state index is 0.246. The lowest BCUT2D eigenvalue weighted by Crippen LogP contribution is -2.23. The fourth-order valence-electron chi connectivity index (χ4n) is 3.70. The number of nitrogens with one attached hydrogen (secondary N) is 2. The van der Waals surface area contributed by atoms with Crippen LogP contribution in [0.3, 0.4) is 0 Å². The van der Waals surface area contributed by atoms with Gasteiger partial charge in [0.15, 0.2) is 5.65 Å². The van der Waals surface area contributed by atoms with E-state index < -0.39 is 0 Å². The summed E-state index contributed by atoms with van der Waals surface area (Å²) in [6, 6.07) is 20.2. The van der Waals surface area contributed by atoms with E-state index in [1.165, 1.54) is 0 Å². The molecule has 8 nitrogen and oxygen atoms in total. The van der Waals surface area contributed by atoms with Crippen molar-refractivity contribution in [3.8, 4) is 17.0 Å². The van der Waals surface area contributed by atoms with Gasteiger partial charge in [0.1, 0.15) is 11.4 Å². The lowest BCUT2D eigenvalue weighted by atomic mass is 10.1. The Morgan fingerprint density at radius 3 is 2.55 bits per heavy atom. The topological polar surface area (TPSA) is 101 Å². The van der Waals surface area contributed by atoms with E-state index >= 15 is 0 Å². The van der Waals surface area contributed by atoms with Crippen LogP contribution in [0.15, 0.2) is 71.5 Å². The standard InChI is InChI=1S/C25H21N5O3/c1-15-3-7-17(8-4-15)22-23-27-25(32)20-12-9-18(13-21(20)30(23)29-28-22)24(31)26-14-16-5-10-19(33-2)11-6-16/h3-13,29H,14H2,1-2H3,(H,26,31). The molecule has 0 spiro atoms. The van der Waals surface area contributed by atoms with Gasteiger partial charge in [-0.1, -0.05) is 42.0 Å². The van der Waals surface area contributed by atoms with Crippen LogP contribution in [0.25, 0.3) is 27.8 Å². The van der Waals surface area contributed by atoms with Crippen molar-refractivity contribution < 1.29 is 9.53 Å². The summed E-state index contributed by atoms with van der Waals surface area (Å²) in [5.41, 5.74) is 4.50. The van der Waals surface area contributed by atoms with E-state index in [1.54, 1.807) is 29.8 Å². The van der Waals surface area contributed by atoms with Gasteiger partial charge in [-0.3, -0.25) is 9.59 Å². The average molecular weight is 439 g/mol. The molecule has 0 bridgehead atoms. The second-order valence-electron chi connectivity index (χ2n) is 7.77. The summed E-state index contributed by atoms with van der Waals surface area (Å²) >= 11 is 0. The lowest BCUT2D eigenvalue weighted by molar-refractivity contribution is 0.0951. The van der Waals surface area contributed by atoms with Crippen molar-refractivity contribution in [3.63, 3.8) is 0 Å². The number of hydrogen-bond donors (Lipinski definition) is 2. The van der Waals surface area contributed by atoms with E-state index in [-0.39, 0.29) is 11.5 Å². The zero-order valence-corrected chi connectivity index (χ0v) is 18.1. The van der Waals surface area contributed by atoms with Crippen LogP contribution in [-0.2, 0) is 6.54 Å². The predicted molar refractivity (Wildman–Crippen MR) is 125 cm³/mol. The van der Waals surface area contributed by atoms with E-state index in [0.29, 0.717) is 34.4 Å². The molecule has 8 heteroatoms. The number of hydrogen-bond acceptors (Lipinski definition) is 5. The zero-order chi connectivity index (χ0) is 22.9. The van der Waals surface area contributed by atoms with Gasteiger partial charge in [0.2, 0.25) is 0 Å². The number of fused-ring (bicyclic) bond motifs is 3. The maximum absolute atomic E-state index is 12.8. The van der Waals surface area contributed by atoms with Crippen LogP contribution in [0, 0.1) is 6.92 Å². The van der Waals surface area contributed by atoms with Crippen LogP contribution in [0.2, 0.25) is 0 Å². The average Bonchev–Trinajstić information content (AvgIpc) is 3.27. The second kappa shape index (κ2) is 8.23. The van der Waals surface area contributed by atoms with Crippen molar-refractivity contribution >= 4 is 22.5 Å². The van der Waals surface area contributed by atoms with Crippen LogP contribution >= 0.6 is 0 Å². The Kier molecular flexibility index (Phi) is 5.10. The molecule has 0 aliphatic heterocycles. The van der Waals surface area contributed by atoms with Crippen LogP contribution in [-0.4, -0.2) is 32.8 Å². The highest BCUT2D eigenvalue weighted by Crippen LogP contribution is 2.23. The summed E-state index contributed by atoms with van der Waals surface area (Å²) in [6.45, 7) is 2.37. The molecule has 5 aromatic rings. The molecule has 0 radical (unpaired) electrons. The number of methoxy groups -OCH3 is 1. The predicted octanol–water partition coefficient (Wildman–Crippen LogP) is 3.48. The number of ether oxygens (including phenoxy) is 1. The molecule has 0 aliphatic rings. The van der Waals surface area contributed by atoms with Crippen LogP contribution < -0.4 is 15.6 Å². The van der Waals surface area contributed by atoms with E-state index in [2.05, 4.69) is 20.6 Å². The van der Waals surface area contributed by atoms with E-state index in [9.17, 15) is 9.59 Å². The molecule has 0 aliphatic carbocycles. The summed E-state index contributed by atoms with van der Waals surface area (Å²) in [7, 11) is 1.61. The molecule has 0 atom stereocenters. The van der Waals surface area contributed by atoms with Crippen molar-refractivity contribution in [2.24, 2.45) is 0 Å². The van der Waals surface area contributed by atoms with Crippen LogP contribution in [0.1, 0.15) is 21.5 Å². The summed E-state index contributed by atoms with van der Waals surface area (Å²) in [4.78, 5) is 29.7. The van der Waals surface area contributed by atoms with Gasteiger partial charge >= 0.3 is 0 Å². The maximum Gasteiger partial charge on any atom is 0.281 e. The number of carbonyl (C=O) groups is 1. The number of carbonyl (C=O) groups excluding carboxylic acids is 1. The number of aryl methyl sites for hydroxylation is 1. The molecule has 0 fully saturated rings. The molecule has 3 aromatic carbocycles. The van der Waals surface area contributed by atoms with Gasteiger partial charge in [-0.05, 0) is 42.8 Å². The molecule has 2 aromatic heterocycles. The highest BCUT2D eigenvalue weighted by molar-refractivity contribution is 5.98. The quantitative estimate of drug-likeness (QED) is 0.437. The van der Waals surface area contributed by atoms with Crippen LogP contribution in [0.5, 0.6) is 5.75 Å². The molecule has 0 saturated heterocycles. The molecule has 0 unspecified atom stereocenters. The first-order valence-corrected chi connectivity index (χ1v) is 10.4. The van der Waals surface area contributed by atoms with Crippen LogP contribution in [0.4, 0.5) is 0 Å². The highest BCUT2D eigenvalue weighted by Gasteiger charge is 2.16. The van der Waals surface area contributed by atoms with Gasteiger partial charge in [-0.2, -0.15) is 10.1 Å². The smallest absolute Gasteiger partial charge is 0.281 e. The first-order chi connectivity index (χ1) is 16.0.